The molecular weight excluding hydrogens is 419 g/mol. The molecule has 10 heteroatoms. The molecule has 31 heavy (non-hydrogen) atoms. The van der Waals surface area contributed by atoms with E-state index in [0.29, 0.717) is 12.5 Å². The fraction of sp³-hybridized carbons (Fsp3) is 0.238. The first-order valence-electron chi connectivity index (χ1n) is 9.90. The first-order valence-corrected chi connectivity index (χ1v) is 10.3. The van der Waals surface area contributed by atoms with Gasteiger partial charge in [-0.15, -0.1) is 5.10 Å². The van der Waals surface area contributed by atoms with Gasteiger partial charge in [0.2, 0.25) is 5.95 Å². The Morgan fingerprint density at radius 2 is 2.13 bits per heavy atom. The first-order chi connectivity index (χ1) is 15.1. The molecule has 0 radical (unpaired) electrons. The summed E-state index contributed by atoms with van der Waals surface area (Å²) < 4.78 is 15.5. The molecule has 1 aliphatic rings. The van der Waals surface area contributed by atoms with Gasteiger partial charge < -0.3 is 5.32 Å². The van der Waals surface area contributed by atoms with Crippen molar-refractivity contribution in [2.75, 3.05) is 18.9 Å². The lowest BCUT2D eigenvalue weighted by atomic mass is 10.1. The largest absolute Gasteiger partial charge is 0.337 e. The summed E-state index contributed by atoms with van der Waals surface area (Å²) in [6.07, 6.45) is 2.86. The molecule has 0 saturated carbocycles. The van der Waals surface area contributed by atoms with Crippen LogP contribution in [-0.2, 0) is 6.54 Å². The van der Waals surface area contributed by atoms with Gasteiger partial charge in [-0.1, -0.05) is 28.9 Å². The van der Waals surface area contributed by atoms with Crippen molar-refractivity contribution >= 4 is 28.6 Å². The Hall–Kier alpha value is -3.14. The number of aromatic nitrogens is 5. The predicted octanol–water partition coefficient (Wildman–Crippen LogP) is 3.31. The SMILES string of the molecule is CN1NCCC1Nc1nccc(-c2ccc3c(c2)nnn3Cc2ccc(Cl)c(F)c2)n1. The standard InChI is InChI=1S/C21H20ClFN8/c1-30-20(7-9-25-30)27-21-24-8-6-17(26-21)14-3-5-19-18(11-14)28-29-31(19)12-13-2-4-15(22)16(23)10-13/h2-6,8,10-11,20,25H,7,9,12H2,1H3,(H,24,26,27). The number of hydrogen-bond donors (Lipinski definition) is 2. The number of benzene rings is 2. The molecule has 1 atom stereocenters. The van der Waals surface area contributed by atoms with E-state index in [4.69, 9.17) is 11.6 Å². The van der Waals surface area contributed by atoms with Crippen molar-refractivity contribution < 1.29 is 4.39 Å². The minimum Gasteiger partial charge on any atom is -0.337 e. The van der Waals surface area contributed by atoms with Crippen LogP contribution in [0, 0.1) is 5.82 Å². The summed E-state index contributed by atoms with van der Waals surface area (Å²) in [6.45, 7) is 1.32. The van der Waals surface area contributed by atoms with Gasteiger partial charge in [0.15, 0.2) is 0 Å². The molecule has 1 aliphatic heterocycles. The van der Waals surface area contributed by atoms with Crippen molar-refractivity contribution in [3.05, 3.63) is 65.1 Å². The zero-order valence-electron chi connectivity index (χ0n) is 16.8. The lowest BCUT2D eigenvalue weighted by Gasteiger charge is -2.20. The summed E-state index contributed by atoms with van der Waals surface area (Å²) in [5.74, 6) is 0.130. The Morgan fingerprint density at radius 1 is 1.23 bits per heavy atom. The highest BCUT2D eigenvalue weighted by Gasteiger charge is 2.21. The third-order valence-corrected chi connectivity index (χ3v) is 5.63. The van der Waals surface area contributed by atoms with E-state index in [-0.39, 0.29) is 11.2 Å². The normalized spacial score (nSPS) is 16.8. The van der Waals surface area contributed by atoms with E-state index < -0.39 is 5.82 Å². The van der Waals surface area contributed by atoms with Gasteiger partial charge in [0.25, 0.3) is 0 Å². The van der Waals surface area contributed by atoms with Crippen LogP contribution in [0.1, 0.15) is 12.0 Å². The Morgan fingerprint density at radius 3 is 2.94 bits per heavy atom. The second-order valence-electron chi connectivity index (χ2n) is 7.43. The minimum atomic E-state index is -0.446. The molecule has 8 nitrogen and oxygen atoms in total. The van der Waals surface area contributed by atoms with Gasteiger partial charge in [-0.2, -0.15) is 0 Å². The molecule has 2 aromatic heterocycles. The van der Waals surface area contributed by atoms with E-state index in [1.807, 2.05) is 36.3 Å². The minimum absolute atomic E-state index is 0.103. The summed E-state index contributed by atoms with van der Waals surface area (Å²) >= 11 is 5.77. The van der Waals surface area contributed by atoms with Crippen LogP contribution in [0.25, 0.3) is 22.3 Å². The smallest absolute Gasteiger partial charge is 0.224 e. The molecule has 0 aliphatic carbocycles. The fourth-order valence-electron chi connectivity index (χ4n) is 3.65. The second-order valence-corrected chi connectivity index (χ2v) is 7.84. The highest BCUT2D eigenvalue weighted by Crippen LogP contribution is 2.24. The summed E-state index contributed by atoms with van der Waals surface area (Å²) in [7, 11) is 1.99. The van der Waals surface area contributed by atoms with Crippen molar-refractivity contribution in [3.63, 3.8) is 0 Å². The molecule has 3 heterocycles. The molecule has 2 aromatic carbocycles. The quantitative estimate of drug-likeness (QED) is 0.494. The van der Waals surface area contributed by atoms with E-state index in [9.17, 15) is 4.39 Å². The van der Waals surface area contributed by atoms with Crippen molar-refractivity contribution in [1.29, 1.82) is 0 Å². The van der Waals surface area contributed by atoms with Crippen LogP contribution in [-0.4, -0.2) is 49.7 Å². The summed E-state index contributed by atoms with van der Waals surface area (Å²) in [5.41, 5.74) is 7.31. The molecule has 2 N–H and O–H groups in total. The van der Waals surface area contributed by atoms with Crippen LogP contribution < -0.4 is 10.7 Å². The highest BCUT2D eigenvalue weighted by molar-refractivity contribution is 6.30. The van der Waals surface area contributed by atoms with Crippen molar-refractivity contribution in [1.82, 2.24) is 35.4 Å². The van der Waals surface area contributed by atoms with Gasteiger partial charge in [-0.3, -0.25) is 5.43 Å². The molecule has 1 fully saturated rings. The van der Waals surface area contributed by atoms with Gasteiger partial charge in [-0.05, 0) is 42.3 Å². The molecule has 1 saturated heterocycles. The summed E-state index contributed by atoms with van der Waals surface area (Å²) in [5, 5.41) is 14.0. The van der Waals surface area contributed by atoms with E-state index in [1.54, 1.807) is 23.0 Å². The van der Waals surface area contributed by atoms with E-state index in [1.165, 1.54) is 6.07 Å². The van der Waals surface area contributed by atoms with Crippen LogP contribution in [0.4, 0.5) is 10.3 Å². The Kier molecular flexibility index (Phi) is 5.23. The molecular formula is C21H20ClFN8. The number of rotatable bonds is 5. The monoisotopic (exact) mass is 438 g/mol. The fourth-order valence-corrected chi connectivity index (χ4v) is 3.77. The first kappa shape index (κ1) is 19.8. The zero-order valence-corrected chi connectivity index (χ0v) is 17.5. The summed E-state index contributed by atoms with van der Waals surface area (Å²) in [6, 6.07) is 12.5. The van der Waals surface area contributed by atoms with Crippen LogP contribution in [0.2, 0.25) is 5.02 Å². The molecule has 0 spiro atoms. The number of halogens is 2. The molecule has 0 bridgehead atoms. The molecule has 4 aromatic rings. The van der Waals surface area contributed by atoms with Crippen LogP contribution in [0.15, 0.2) is 48.7 Å². The molecule has 158 valence electrons. The Balaban J connectivity index is 1.39. The molecule has 0 amide bonds. The van der Waals surface area contributed by atoms with Gasteiger partial charge in [0.1, 0.15) is 11.3 Å². The lowest BCUT2D eigenvalue weighted by Crippen LogP contribution is -2.38. The highest BCUT2D eigenvalue weighted by atomic mass is 35.5. The maximum atomic E-state index is 13.7. The third kappa shape index (κ3) is 4.07. The number of hydrogen-bond acceptors (Lipinski definition) is 7. The van der Waals surface area contributed by atoms with Crippen LogP contribution >= 0.6 is 11.6 Å². The third-order valence-electron chi connectivity index (χ3n) is 5.32. The van der Waals surface area contributed by atoms with Gasteiger partial charge in [0, 0.05) is 25.4 Å². The van der Waals surface area contributed by atoms with E-state index in [2.05, 4.69) is 31.0 Å². The van der Waals surface area contributed by atoms with Gasteiger partial charge in [0.05, 0.1) is 28.9 Å². The average Bonchev–Trinajstić information content (AvgIpc) is 3.36. The van der Waals surface area contributed by atoms with Gasteiger partial charge in [-0.25, -0.2) is 24.0 Å². The van der Waals surface area contributed by atoms with Crippen LogP contribution in [0.5, 0.6) is 0 Å². The number of fused-ring (bicyclic) bond motifs is 1. The average molecular weight is 439 g/mol. The topological polar surface area (TPSA) is 83.8 Å². The summed E-state index contributed by atoms with van der Waals surface area (Å²) in [4.78, 5) is 8.99. The van der Waals surface area contributed by atoms with Crippen molar-refractivity contribution in [3.8, 4) is 11.3 Å². The second kappa shape index (κ2) is 8.18. The Labute approximate surface area is 183 Å². The van der Waals surface area contributed by atoms with E-state index >= 15 is 0 Å². The lowest BCUT2D eigenvalue weighted by molar-refractivity contribution is 0.256. The van der Waals surface area contributed by atoms with Crippen molar-refractivity contribution in [2.45, 2.75) is 19.1 Å². The molecule has 5 rings (SSSR count). The van der Waals surface area contributed by atoms with E-state index in [0.717, 1.165) is 40.8 Å². The number of nitrogens with one attached hydrogen (secondary N) is 2. The number of nitrogens with zero attached hydrogens (tertiary/aromatic N) is 6. The predicted molar refractivity (Wildman–Crippen MR) is 117 cm³/mol. The maximum Gasteiger partial charge on any atom is 0.224 e. The Bertz CT molecular complexity index is 1240. The zero-order chi connectivity index (χ0) is 21.4. The van der Waals surface area contributed by atoms with Gasteiger partial charge >= 0.3 is 0 Å². The van der Waals surface area contributed by atoms with Crippen LogP contribution in [0.3, 0.4) is 0 Å². The number of hydrazine groups is 1. The molecule has 1 unspecified atom stereocenters. The number of anilines is 1. The van der Waals surface area contributed by atoms with Crippen molar-refractivity contribution in [2.24, 2.45) is 0 Å². The maximum absolute atomic E-state index is 13.7.